The van der Waals surface area contributed by atoms with Crippen LogP contribution in [0, 0.1) is 19.3 Å². The van der Waals surface area contributed by atoms with Crippen LogP contribution in [0.1, 0.15) is 49.3 Å². The second-order valence-electron chi connectivity index (χ2n) is 7.61. The molecule has 0 saturated heterocycles. The zero-order valence-corrected chi connectivity index (χ0v) is 15.8. The van der Waals surface area contributed by atoms with E-state index < -0.39 is 5.41 Å². The summed E-state index contributed by atoms with van der Waals surface area (Å²) in [6.07, 6.45) is 1.17. The molecular formula is C22H26N2O2. The van der Waals surface area contributed by atoms with Crippen molar-refractivity contribution < 1.29 is 9.59 Å². The Hall–Kier alpha value is -2.62. The van der Waals surface area contributed by atoms with Crippen molar-refractivity contribution in [3.8, 4) is 0 Å². The number of amides is 2. The number of rotatable bonds is 5. The summed E-state index contributed by atoms with van der Waals surface area (Å²) in [6, 6.07) is 13.7. The molecule has 0 aliphatic heterocycles. The molecule has 1 fully saturated rings. The third-order valence-corrected chi connectivity index (χ3v) is 4.93. The summed E-state index contributed by atoms with van der Waals surface area (Å²) >= 11 is 0. The monoisotopic (exact) mass is 350 g/mol. The quantitative estimate of drug-likeness (QED) is 0.762. The van der Waals surface area contributed by atoms with Gasteiger partial charge in [-0.25, -0.2) is 0 Å². The van der Waals surface area contributed by atoms with Crippen molar-refractivity contribution in [2.75, 3.05) is 10.6 Å². The predicted molar refractivity (Wildman–Crippen MR) is 105 cm³/mol. The lowest BCUT2D eigenvalue weighted by molar-refractivity contribution is -0.131. The van der Waals surface area contributed by atoms with Gasteiger partial charge in [-0.15, -0.1) is 0 Å². The van der Waals surface area contributed by atoms with E-state index in [9.17, 15) is 9.59 Å². The minimum atomic E-state index is -0.957. The van der Waals surface area contributed by atoms with Gasteiger partial charge in [-0.05, 0) is 67.5 Å². The van der Waals surface area contributed by atoms with Crippen LogP contribution in [-0.4, -0.2) is 11.8 Å². The Kier molecular flexibility index (Phi) is 4.86. The molecule has 26 heavy (non-hydrogen) atoms. The molecule has 0 heterocycles. The number of aryl methyl sites for hydroxylation is 2. The lowest BCUT2D eigenvalue weighted by Crippen LogP contribution is -2.36. The lowest BCUT2D eigenvalue weighted by Gasteiger charge is -2.18. The van der Waals surface area contributed by atoms with E-state index in [1.807, 2.05) is 50.2 Å². The Balaban J connectivity index is 1.76. The number of hydrogen-bond donors (Lipinski definition) is 2. The van der Waals surface area contributed by atoms with Gasteiger partial charge in [0.2, 0.25) is 11.8 Å². The smallest absolute Gasteiger partial charge is 0.240 e. The van der Waals surface area contributed by atoms with Gasteiger partial charge in [-0.1, -0.05) is 38.1 Å². The molecule has 1 saturated carbocycles. The fourth-order valence-corrected chi connectivity index (χ4v) is 3.34. The number of hydrogen-bond acceptors (Lipinski definition) is 2. The lowest BCUT2D eigenvalue weighted by atomic mass is 9.99. The Morgan fingerprint density at radius 1 is 0.923 bits per heavy atom. The van der Waals surface area contributed by atoms with Gasteiger partial charge in [0.25, 0.3) is 0 Å². The van der Waals surface area contributed by atoms with Crippen LogP contribution < -0.4 is 10.6 Å². The molecule has 4 nitrogen and oxygen atoms in total. The van der Waals surface area contributed by atoms with E-state index in [2.05, 4.69) is 30.5 Å². The Morgan fingerprint density at radius 3 is 2.08 bits per heavy atom. The normalized spacial score (nSPS) is 14.8. The van der Waals surface area contributed by atoms with Crippen molar-refractivity contribution in [2.24, 2.45) is 5.41 Å². The summed E-state index contributed by atoms with van der Waals surface area (Å²) in [5.74, 6) is -0.139. The Labute approximate surface area is 155 Å². The summed E-state index contributed by atoms with van der Waals surface area (Å²) < 4.78 is 0. The highest BCUT2D eigenvalue weighted by Crippen LogP contribution is 2.47. The number of benzene rings is 2. The minimum absolute atomic E-state index is 0.215. The van der Waals surface area contributed by atoms with Crippen molar-refractivity contribution in [1.29, 1.82) is 0 Å². The molecule has 1 aliphatic rings. The van der Waals surface area contributed by atoms with E-state index in [1.165, 1.54) is 0 Å². The van der Waals surface area contributed by atoms with Gasteiger partial charge in [-0.2, -0.15) is 0 Å². The summed E-state index contributed by atoms with van der Waals surface area (Å²) in [5.41, 5.74) is 3.82. The average Bonchev–Trinajstić information content (AvgIpc) is 3.36. The maximum absolute atomic E-state index is 12.9. The van der Waals surface area contributed by atoms with Gasteiger partial charge in [0.05, 0.1) is 0 Å². The molecule has 0 aromatic heterocycles. The largest absolute Gasteiger partial charge is 0.325 e. The highest BCUT2D eigenvalue weighted by Gasteiger charge is 2.56. The second kappa shape index (κ2) is 6.94. The maximum atomic E-state index is 12.9. The molecule has 2 aromatic rings. The first kappa shape index (κ1) is 18.2. The summed E-state index contributed by atoms with van der Waals surface area (Å²) in [6.45, 7) is 8.16. The molecule has 0 radical (unpaired) electrons. The molecule has 0 unspecified atom stereocenters. The minimum Gasteiger partial charge on any atom is -0.325 e. The van der Waals surface area contributed by atoms with Crippen LogP contribution in [0.2, 0.25) is 0 Å². The van der Waals surface area contributed by atoms with Crippen molar-refractivity contribution in [3.05, 3.63) is 59.2 Å². The topological polar surface area (TPSA) is 58.2 Å². The summed E-state index contributed by atoms with van der Waals surface area (Å²) in [5, 5.41) is 5.91. The van der Waals surface area contributed by atoms with Crippen LogP contribution in [0.4, 0.5) is 11.4 Å². The SMILES string of the molecule is Cc1cc(C)cc(NC(=O)C2(C(=O)Nc3ccccc3C(C)C)CC2)c1. The van der Waals surface area contributed by atoms with Gasteiger partial charge < -0.3 is 10.6 Å². The van der Waals surface area contributed by atoms with Crippen molar-refractivity contribution in [1.82, 2.24) is 0 Å². The molecule has 4 heteroatoms. The molecule has 2 N–H and O–H groups in total. The van der Waals surface area contributed by atoms with Crippen LogP contribution in [0.25, 0.3) is 0 Å². The number of anilines is 2. The van der Waals surface area contributed by atoms with Crippen LogP contribution in [0.5, 0.6) is 0 Å². The Bertz CT molecular complexity index is 831. The van der Waals surface area contributed by atoms with Gasteiger partial charge in [0.1, 0.15) is 5.41 Å². The van der Waals surface area contributed by atoms with E-state index in [0.29, 0.717) is 18.8 Å². The number of carbonyl (C=O) groups is 2. The average molecular weight is 350 g/mol. The molecular weight excluding hydrogens is 324 g/mol. The fourth-order valence-electron chi connectivity index (χ4n) is 3.34. The number of para-hydroxylation sites is 1. The van der Waals surface area contributed by atoms with Gasteiger partial charge in [0.15, 0.2) is 0 Å². The molecule has 136 valence electrons. The van der Waals surface area contributed by atoms with Crippen LogP contribution in [0.3, 0.4) is 0 Å². The predicted octanol–water partition coefficient (Wildman–Crippen LogP) is 4.78. The fraction of sp³-hybridized carbons (Fsp3) is 0.364. The van der Waals surface area contributed by atoms with Crippen LogP contribution in [-0.2, 0) is 9.59 Å². The third-order valence-electron chi connectivity index (χ3n) is 4.93. The summed E-state index contributed by atoms with van der Waals surface area (Å²) in [7, 11) is 0. The standard InChI is InChI=1S/C22H26N2O2/c1-14(2)18-7-5-6-8-19(18)24-21(26)22(9-10-22)20(25)23-17-12-15(3)11-16(4)13-17/h5-8,11-14H,9-10H2,1-4H3,(H,23,25)(H,24,26). The molecule has 3 rings (SSSR count). The number of carbonyl (C=O) groups excluding carboxylic acids is 2. The first-order chi connectivity index (χ1) is 12.3. The van der Waals surface area contributed by atoms with E-state index in [-0.39, 0.29) is 11.8 Å². The molecule has 0 bridgehead atoms. The second-order valence-corrected chi connectivity index (χ2v) is 7.61. The van der Waals surface area contributed by atoms with Gasteiger partial charge >= 0.3 is 0 Å². The molecule has 2 aromatic carbocycles. The van der Waals surface area contributed by atoms with Gasteiger partial charge in [0, 0.05) is 11.4 Å². The van der Waals surface area contributed by atoms with Crippen molar-refractivity contribution >= 4 is 23.2 Å². The first-order valence-corrected chi connectivity index (χ1v) is 9.12. The summed E-state index contributed by atoms with van der Waals surface area (Å²) in [4.78, 5) is 25.7. The third kappa shape index (κ3) is 3.64. The van der Waals surface area contributed by atoms with Crippen molar-refractivity contribution in [3.63, 3.8) is 0 Å². The zero-order valence-electron chi connectivity index (χ0n) is 15.8. The highest BCUT2D eigenvalue weighted by atomic mass is 16.2. The van der Waals surface area contributed by atoms with E-state index in [4.69, 9.17) is 0 Å². The molecule has 1 aliphatic carbocycles. The number of nitrogens with one attached hydrogen (secondary N) is 2. The van der Waals surface area contributed by atoms with Crippen molar-refractivity contribution in [2.45, 2.75) is 46.5 Å². The van der Waals surface area contributed by atoms with Crippen LogP contribution >= 0.6 is 0 Å². The maximum Gasteiger partial charge on any atom is 0.240 e. The Morgan fingerprint density at radius 2 is 1.50 bits per heavy atom. The first-order valence-electron chi connectivity index (χ1n) is 9.12. The van der Waals surface area contributed by atoms with E-state index in [0.717, 1.165) is 28.1 Å². The zero-order chi connectivity index (χ0) is 18.9. The molecule has 0 spiro atoms. The molecule has 0 atom stereocenters. The van der Waals surface area contributed by atoms with Crippen LogP contribution in [0.15, 0.2) is 42.5 Å². The van der Waals surface area contributed by atoms with E-state index >= 15 is 0 Å². The highest BCUT2D eigenvalue weighted by molar-refractivity contribution is 6.17. The van der Waals surface area contributed by atoms with E-state index in [1.54, 1.807) is 0 Å². The molecule has 2 amide bonds. The van der Waals surface area contributed by atoms with Gasteiger partial charge in [-0.3, -0.25) is 9.59 Å².